The minimum Gasteiger partial charge on any atom is -0.389 e. The SMILES string of the molecule is C[C@]12CCC(=O)C=C1CC[C@@H]1[C@H]2[C@@H]2C[C@]3([C@H](O)O2)[C@@H](C(=O)CO)CC[C@@H]13. The van der Waals surface area contributed by atoms with Gasteiger partial charge in [0.05, 0.1) is 6.10 Å². The number of allylic oxidation sites excluding steroid dienone is 1. The van der Waals surface area contributed by atoms with Gasteiger partial charge >= 0.3 is 0 Å². The lowest BCUT2D eigenvalue weighted by molar-refractivity contribution is -0.160. The van der Waals surface area contributed by atoms with Crippen molar-refractivity contribution in [3.05, 3.63) is 11.6 Å². The van der Waals surface area contributed by atoms with Gasteiger partial charge in [0.1, 0.15) is 6.61 Å². The molecular formula is C21H28O5. The first-order valence-electron chi connectivity index (χ1n) is 10.1. The molecule has 142 valence electrons. The van der Waals surface area contributed by atoms with E-state index in [4.69, 9.17) is 4.74 Å². The average Bonchev–Trinajstić information content (AvgIpc) is 3.14. The molecule has 1 spiro atoms. The first kappa shape index (κ1) is 17.1. The Balaban J connectivity index is 1.57. The molecule has 8 atom stereocenters. The normalized spacial score (nSPS) is 52.1. The molecule has 26 heavy (non-hydrogen) atoms. The molecule has 2 bridgehead atoms. The maximum absolute atomic E-state index is 12.4. The van der Waals surface area contributed by atoms with E-state index < -0.39 is 18.3 Å². The number of rotatable bonds is 2. The third-order valence-corrected chi connectivity index (χ3v) is 8.79. The van der Waals surface area contributed by atoms with Crippen LogP contribution < -0.4 is 0 Å². The molecule has 5 rings (SSSR count). The molecule has 5 aliphatic rings. The second-order valence-corrected chi connectivity index (χ2v) is 9.49. The summed E-state index contributed by atoms with van der Waals surface area (Å²) in [5, 5.41) is 20.4. The van der Waals surface area contributed by atoms with Crippen molar-refractivity contribution in [1.29, 1.82) is 0 Å². The van der Waals surface area contributed by atoms with E-state index in [-0.39, 0.29) is 34.9 Å². The molecule has 5 nitrogen and oxygen atoms in total. The summed E-state index contributed by atoms with van der Waals surface area (Å²) >= 11 is 0. The summed E-state index contributed by atoms with van der Waals surface area (Å²) in [5.74, 6) is 0.837. The summed E-state index contributed by atoms with van der Waals surface area (Å²) in [4.78, 5) is 24.4. The van der Waals surface area contributed by atoms with Gasteiger partial charge in [-0.3, -0.25) is 9.59 Å². The highest BCUT2D eigenvalue weighted by Gasteiger charge is 2.71. The third-order valence-electron chi connectivity index (χ3n) is 8.79. The van der Waals surface area contributed by atoms with Gasteiger partial charge in [-0.05, 0) is 67.8 Å². The predicted octanol–water partition coefficient (Wildman–Crippen LogP) is 2.00. The fourth-order valence-electron chi connectivity index (χ4n) is 7.80. The molecule has 1 saturated heterocycles. The van der Waals surface area contributed by atoms with Gasteiger partial charge in [-0.25, -0.2) is 0 Å². The highest BCUT2D eigenvalue weighted by molar-refractivity contribution is 5.91. The summed E-state index contributed by atoms with van der Waals surface area (Å²) < 4.78 is 6.13. The van der Waals surface area contributed by atoms with E-state index in [9.17, 15) is 19.8 Å². The van der Waals surface area contributed by atoms with Crippen molar-refractivity contribution in [2.75, 3.05) is 6.61 Å². The lowest BCUT2D eigenvalue weighted by Crippen LogP contribution is -2.55. The fraction of sp³-hybridized carbons (Fsp3) is 0.810. The van der Waals surface area contributed by atoms with Crippen LogP contribution in [0.3, 0.4) is 0 Å². The minimum atomic E-state index is -0.910. The van der Waals surface area contributed by atoms with E-state index >= 15 is 0 Å². The highest BCUT2D eigenvalue weighted by Crippen LogP contribution is 2.71. The Kier molecular flexibility index (Phi) is 3.61. The zero-order chi connectivity index (χ0) is 18.3. The van der Waals surface area contributed by atoms with Crippen molar-refractivity contribution in [2.45, 2.75) is 64.3 Å². The predicted molar refractivity (Wildman–Crippen MR) is 92.9 cm³/mol. The van der Waals surface area contributed by atoms with E-state index in [2.05, 4.69) is 6.92 Å². The summed E-state index contributed by atoms with van der Waals surface area (Å²) in [7, 11) is 0. The smallest absolute Gasteiger partial charge is 0.162 e. The van der Waals surface area contributed by atoms with Crippen LogP contribution in [0, 0.1) is 34.5 Å². The van der Waals surface area contributed by atoms with Gasteiger partial charge in [0.25, 0.3) is 0 Å². The molecule has 0 amide bonds. The number of fused-ring (bicyclic) bond motifs is 6. The zero-order valence-electron chi connectivity index (χ0n) is 15.3. The van der Waals surface area contributed by atoms with Crippen LogP contribution in [0.1, 0.15) is 51.9 Å². The third kappa shape index (κ3) is 1.92. The standard InChI is InChI=1S/C21H28O5/c1-20-7-6-12(23)8-11(20)2-3-13-14-4-5-15(16(24)10-22)21(14)9-17(18(13)20)26-19(21)25/h8,13-15,17-19,22,25H,2-7,9-10H2,1H3/t13-,14-,15+,17-,18-,19+,20-,21+/m0/s1. The molecule has 3 saturated carbocycles. The van der Waals surface area contributed by atoms with Crippen LogP contribution in [-0.4, -0.2) is 40.8 Å². The summed E-state index contributed by atoms with van der Waals surface area (Å²) in [5.41, 5.74) is 0.735. The van der Waals surface area contributed by atoms with Crippen molar-refractivity contribution in [3.63, 3.8) is 0 Å². The van der Waals surface area contributed by atoms with Crippen molar-refractivity contribution >= 4 is 11.6 Å². The van der Waals surface area contributed by atoms with E-state index in [0.717, 1.165) is 32.1 Å². The highest BCUT2D eigenvalue weighted by atomic mass is 16.6. The second kappa shape index (κ2) is 5.49. The van der Waals surface area contributed by atoms with E-state index in [1.54, 1.807) is 0 Å². The lowest BCUT2D eigenvalue weighted by atomic mass is 9.46. The Hall–Kier alpha value is -1.04. The number of carbonyl (C=O) groups excluding carboxylic acids is 2. The van der Waals surface area contributed by atoms with Crippen LogP contribution >= 0.6 is 0 Å². The first-order valence-corrected chi connectivity index (χ1v) is 10.1. The molecule has 1 aliphatic heterocycles. The minimum absolute atomic E-state index is 0.0310. The van der Waals surface area contributed by atoms with Crippen molar-refractivity contribution < 1.29 is 24.5 Å². The number of aliphatic hydroxyl groups is 2. The van der Waals surface area contributed by atoms with Gasteiger partial charge in [0.2, 0.25) is 0 Å². The van der Waals surface area contributed by atoms with Gasteiger partial charge in [-0.1, -0.05) is 12.5 Å². The summed E-state index contributed by atoms with van der Waals surface area (Å²) in [6.07, 6.45) is 6.72. The van der Waals surface area contributed by atoms with Gasteiger partial charge in [-0.2, -0.15) is 0 Å². The summed E-state index contributed by atoms with van der Waals surface area (Å²) in [6, 6.07) is 0. The maximum Gasteiger partial charge on any atom is 0.162 e. The molecule has 5 heteroatoms. The van der Waals surface area contributed by atoms with Crippen LogP contribution in [0.2, 0.25) is 0 Å². The number of Topliss-reactive ketones (excluding diaryl/α,β-unsaturated/α-hetero) is 1. The quantitative estimate of drug-likeness (QED) is 0.787. The molecule has 0 aromatic heterocycles. The number of ether oxygens (including phenoxy) is 1. The van der Waals surface area contributed by atoms with Crippen molar-refractivity contribution in [1.82, 2.24) is 0 Å². The van der Waals surface area contributed by atoms with Crippen LogP contribution in [0.15, 0.2) is 11.6 Å². The Labute approximate surface area is 153 Å². The fourth-order valence-corrected chi connectivity index (χ4v) is 7.80. The maximum atomic E-state index is 12.4. The number of ketones is 2. The van der Waals surface area contributed by atoms with E-state index in [0.29, 0.717) is 24.7 Å². The largest absolute Gasteiger partial charge is 0.389 e. The number of carbonyl (C=O) groups is 2. The number of aliphatic hydroxyl groups excluding tert-OH is 2. The van der Waals surface area contributed by atoms with Crippen LogP contribution in [-0.2, 0) is 14.3 Å². The van der Waals surface area contributed by atoms with Gasteiger partial charge < -0.3 is 14.9 Å². The molecule has 2 N–H and O–H groups in total. The first-order chi connectivity index (χ1) is 12.4. The molecular weight excluding hydrogens is 332 g/mol. The topological polar surface area (TPSA) is 83.8 Å². The monoisotopic (exact) mass is 360 g/mol. The van der Waals surface area contributed by atoms with Gasteiger partial charge in [0.15, 0.2) is 17.9 Å². The Morgan fingerprint density at radius 1 is 1.31 bits per heavy atom. The lowest BCUT2D eigenvalue weighted by Gasteiger charge is -2.57. The van der Waals surface area contributed by atoms with Gasteiger partial charge in [0, 0.05) is 17.8 Å². The van der Waals surface area contributed by atoms with E-state index in [1.807, 2.05) is 6.08 Å². The van der Waals surface area contributed by atoms with E-state index in [1.165, 1.54) is 5.57 Å². The summed E-state index contributed by atoms with van der Waals surface area (Å²) in [6.45, 7) is 1.84. The van der Waals surface area contributed by atoms with Crippen LogP contribution in [0.5, 0.6) is 0 Å². The molecule has 4 aliphatic carbocycles. The molecule has 0 radical (unpaired) electrons. The van der Waals surface area contributed by atoms with Crippen molar-refractivity contribution in [3.8, 4) is 0 Å². The molecule has 0 aromatic carbocycles. The number of hydrogen-bond acceptors (Lipinski definition) is 5. The number of hydrogen-bond donors (Lipinski definition) is 2. The Morgan fingerprint density at radius 3 is 2.88 bits per heavy atom. The Bertz CT molecular complexity index is 699. The Morgan fingerprint density at radius 2 is 2.12 bits per heavy atom. The molecule has 1 heterocycles. The van der Waals surface area contributed by atoms with Gasteiger partial charge in [-0.15, -0.1) is 0 Å². The van der Waals surface area contributed by atoms with Crippen LogP contribution in [0.4, 0.5) is 0 Å². The van der Waals surface area contributed by atoms with Crippen LogP contribution in [0.25, 0.3) is 0 Å². The molecule has 4 fully saturated rings. The molecule has 0 unspecified atom stereocenters. The molecule has 0 aromatic rings. The second-order valence-electron chi connectivity index (χ2n) is 9.49. The average molecular weight is 360 g/mol. The zero-order valence-corrected chi connectivity index (χ0v) is 15.3. The van der Waals surface area contributed by atoms with Crippen molar-refractivity contribution in [2.24, 2.45) is 34.5 Å².